The van der Waals surface area contributed by atoms with Crippen LogP contribution in [0.5, 0.6) is 0 Å². The van der Waals surface area contributed by atoms with Crippen molar-refractivity contribution in [2.24, 2.45) is 0 Å². The molecule has 0 unspecified atom stereocenters. The van der Waals surface area contributed by atoms with Gasteiger partial charge in [-0.25, -0.2) is 4.98 Å². The van der Waals surface area contributed by atoms with E-state index in [-0.39, 0.29) is 0 Å². The molecule has 1 aromatic heterocycles. The molecule has 0 fully saturated rings. The number of anilines is 1. The van der Waals surface area contributed by atoms with Crippen molar-refractivity contribution in [2.75, 3.05) is 12.4 Å². The average molecular weight is 252 g/mol. The van der Waals surface area contributed by atoms with Crippen molar-refractivity contribution in [3.05, 3.63) is 52.7 Å². The van der Waals surface area contributed by atoms with E-state index in [1.807, 2.05) is 31.4 Å². The second-order valence-corrected chi connectivity index (χ2v) is 4.96. The van der Waals surface area contributed by atoms with Crippen molar-refractivity contribution in [1.82, 2.24) is 4.98 Å². The summed E-state index contributed by atoms with van der Waals surface area (Å²) in [5.74, 6) is 0. The Hall–Kier alpha value is -2.09. The molecular formula is C15H12N2S. The standard InChI is InChI=1S/C15H12N2S/c1-16-12-9-7-11(8-10-12)15-17-13-5-3-2-4-6-14(13)18-15/h2-3,5-10,16H,1H3. The van der Waals surface area contributed by atoms with Gasteiger partial charge in [0.1, 0.15) is 5.01 Å². The molecule has 0 atom stereocenters. The van der Waals surface area contributed by atoms with E-state index in [9.17, 15) is 0 Å². The van der Waals surface area contributed by atoms with E-state index in [1.54, 1.807) is 11.3 Å². The lowest BCUT2D eigenvalue weighted by atomic mass is 10.2. The highest BCUT2D eigenvalue weighted by atomic mass is 32.1. The van der Waals surface area contributed by atoms with Crippen LogP contribution in [0.3, 0.4) is 0 Å². The minimum atomic E-state index is 1.02. The minimum absolute atomic E-state index is 1.02. The Labute approximate surface area is 110 Å². The highest BCUT2D eigenvalue weighted by molar-refractivity contribution is 7.16. The van der Waals surface area contributed by atoms with E-state index in [0.29, 0.717) is 0 Å². The van der Waals surface area contributed by atoms with Crippen LogP contribution in [0.15, 0.2) is 42.1 Å². The van der Waals surface area contributed by atoms with Crippen LogP contribution in [0.25, 0.3) is 22.7 Å². The molecule has 1 aromatic carbocycles. The second kappa shape index (κ2) is 4.65. The summed E-state index contributed by atoms with van der Waals surface area (Å²) in [6.07, 6.45) is 7.87. The van der Waals surface area contributed by atoms with E-state index < -0.39 is 0 Å². The summed E-state index contributed by atoms with van der Waals surface area (Å²) < 4.78 is 0. The van der Waals surface area contributed by atoms with Gasteiger partial charge in [0.15, 0.2) is 0 Å². The number of fused-ring (bicyclic) bond motifs is 1. The van der Waals surface area contributed by atoms with E-state index in [4.69, 9.17) is 0 Å². The molecule has 2 nitrogen and oxygen atoms in total. The van der Waals surface area contributed by atoms with Crippen LogP contribution >= 0.6 is 11.3 Å². The number of hydrogen-bond acceptors (Lipinski definition) is 3. The Balaban J connectivity index is 2.02. The number of nitrogens with zero attached hydrogens (tertiary/aromatic N) is 1. The molecule has 1 N–H and O–H groups in total. The maximum atomic E-state index is 4.66. The highest BCUT2D eigenvalue weighted by Gasteiger charge is 2.09. The second-order valence-electron chi connectivity index (χ2n) is 3.93. The molecule has 0 amide bonds. The Morgan fingerprint density at radius 2 is 2.06 bits per heavy atom. The third kappa shape index (κ3) is 2.02. The summed E-state index contributed by atoms with van der Waals surface area (Å²) in [7, 11) is 1.92. The molecular weight excluding hydrogens is 240 g/mol. The van der Waals surface area contributed by atoms with Gasteiger partial charge in [-0.1, -0.05) is 6.08 Å². The molecule has 1 heterocycles. The summed E-state index contributed by atoms with van der Waals surface area (Å²) in [5.41, 5.74) is 6.39. The van der Waals surface area contributed by atoms with Gasteiger partial charge in [0.2, 0.25) is 0 Å². The van der Waals surface area contributed by atoms with Gasteiger partial charge in [-0.2, -0.15) is 0 Å². The van der Waals surface area contributed by atoms with Gasteiger partial charge < -0.3 is 5.32 Å². The number of hydrogen-bond donors (Lipinski definition) is 1. The quantitative estimate of drug-likeness (QED) is 0.816. The van der Waals surface area contributed by atoms with Crippen LogP contribution in [0, 0.1) is 0 Å². The fraction of sp³-hybridized carbons (Fsp3) is 0.0667. The molecule has 0 spiro atoms. The zero-order valence-corrected chi connectivity index (χ0v) is 10.8. The zero-order chi connectivity index (χ0) is 12.4. The predicted octanol–water partition coefficient (Wildman–Crippen LogP) is 4.05. The summed E-state index contributed by atoms with van der Waals surface area (Å²) in [5, 5.41) is 4.16. The fourth-order valence-corrected chi connectivity index (χ4v) is 2.74. The molecule has 1 aliphatic carbocycles. The molecule has 3 heteroatoms. The number of rotatable bonds is 2. The fourth-order valence-electron chi connectivity index (χ4n) is 1.79. The number of allylic oxidation sites excluding steroid dienone is 2. The number of benzene rings is 1. The van der Waals surface area contributed by atoms with Crippen molar-refractivity contribution in [3.63, 3.8) is 0 Å². The first-order valence-corrected chi connectivity index (χ1v) is 6.56. The Kier molecular flexibility index (Phi) is 2.85. The van der Waals surface area contributed by atoms with Crippen molar-refractivity contribution < 1.29 is 0 Å². The first-order chi connectivity index (χ1) is 8.86. The summed E-state index contributed by atoms with van der Waals surface area (Å²) >= 11 is 1.69. The smallest absolute Gasteiger partial charge is 0.124 e. The topological polar surface area (TPSA) is 24.9 Å². The molecule has 0 bridgehead atoms. The molecule has 88 valence electrons. The maximum Gasteiger partial charge on any atom is 0.124 e. The zero-order valence-electron chi connectivity index (χ0n) is 9.97. The van der Waals surface area contributed by atoms with Gasteiger partial charge in [-0.3, -0.25) is 0 Å². The van der Waals surface area contributed by atoms with Gasteiger partial charge in [0.05, 0.1) is 10.6 Å². The normalized spacial score (nSPS) is 12.3. The van der Waals surface area contributed by atoms with Gasteiger partial charge >= 0.3 is 0 Å². The molecule has 1 aliphatic rings. The summed E-state index contributed by atoms with van der Waals surface area (Å²) in [4.78, 5) is 5.82. The molecule has 0 aliphatic heterocycles. The third-order valence-electron chi connectivity index (χ3n) is 2.76. The Morgan fingerprint density at radius 1 is 1.22 bits per heavy atom. The van der Waals surface area contributed by atoms with Crippen molar-refractivity contribution in [2.45, 2.75) is 0 Å². The number of aromatic nitrogens is 1. The maximum absolute atomic E-state index is 4.66. The SMILES string of the molecule is CNc1ccc(-c2nc3c(s2)C=C=CC=C3)cc1. The Bertz CT molecular complexity index is 656. The first-order valence-electron chi connectivity index (χ1n) is 5.75. The largest absolute Gasteiger partial charge is 0.388 e. The van der Waals surface area contributed by atoms with Crippen LogP contribution in [0.1, 0.15) is 10.6 Å². The van der Waals surface area contributed by atoms with E-state index in [0.717, 1.165) is 26.8 Å². The van der Waals surface area contributed by atoms with Crippen LogP contribution < -0.4 is 5.32 Å². The minimum Gasteiger partial charge on any atom is -0.388 e. The van der Waals surface area contributed by atoms with Gasteiger partial charge in [-0.15, -0.1) is 17.1 Å². The van der Waals surface area contributed by atoms with E-state index in [1.165, 1.54) is 0 Å². The van der Waals surface area contributed by atoms with Gasteiger partial charge in [0.25, 0.3) is 0 Å². The highest BCUT2D eigenvalue weighted by Crippen LogP contribution is 2.30. The average Bonchev–Trinajstić information content (AvgIpc) is 2.70. The first kappa shape index (κ1) is 11.0. The van der Waals surface area contributed by atoms with Gasteiger partial charge in [0, 0.05) is 18.3 Å². The lowest BCUT2D eigenvalue weighted by Gasteiger charge is -2.00. The van der Waals surface area contributed by atoms with Crippen molar-refractivity contribution in [1.29, 1.82) is 0 Å². The predicted molar refractivity (Wildman–Crippen MR) is 78.7 cm³/mol. The van der Waals surface area contributed by atoms with Gasteiger partial charge in [-0.05, 0) is 42.5 Å². The molecule has 2 aromatic rings. The summed E-state index contributed by atoms with van der Waals surface area (Å²) in [6, 6.07) is 8.31. The molecule has 0 saturated carbocycles. The van der Waals surface area contributed by atoms with Crippen LogP contribution in [0.4, 0.5) is 5.69 Å². The summed E-state index contributed by atoms with van der Waals surface area (Å²) in [6.45, 7) is 0. The lowest BCUT2D eigenvalue weighted by molar-refractivity contribution is 1.37. The molecule has 18 heavy (non-hydrogen) atoms. The lowest BCUT2D eigenvalue weighted by Crippen LogP contribution is -1.86. The molecule has 0 radical (unpaired) electrons. The van der Waals surface area contributed by atoms with Crippen LogP contribution in [0.2, 0.25) is 0 Å². The molecule has 3 rings (SSSR count). The Morgan fingerprint density at radius 3 is 2.83 bits per heavy atom. The van der Waals surface area contributed by atoms with E-state index >= 15 is 0 Å². The molecule has 0 saturated heterocycles. The monoisotopic (exact) mass is 252 g/mol. The number of thiazole rings is 1. The van der Waals surface area contributed by atoms with Crippen molar-refractivity contribution in [3.8, 4) is 10.6 Å². The number of nitrogens with one attached hydrogen (secondary N) is 1. The third-order valence-corrected chi connectivity index (χ3v) is 3.83. The van der Waals surface area contributed by atoms with Crippen LogP contribution in [-0.4, -0.2) is 12.0 Å². The van der Waals surface area contributed by atoms with Crippen molar-refractivity contribution >= 4 is 29.2 Å². The van der Waals surface area contributed by atoms with Crippen LogP contribution in [-0.2, 0) is 0 Å². The van der Waals surface area contributed by atoms with E-state index in [2.05, 4.69) is 40.3 Å².